The van der Waals surface area contributed by atoms with Crippen molar-refractivity contribution in [3.63, 3.8) is 0 Å². The molecule has 0 unspecified atom stereocenters. The molecule has 1 N–H and O–H groups in total. The smallest absolute Gasteiger partial charge is 0.244 e. The van der Waals surface area contributed by atoms with Gasteiger partial charge in [-0.05, 0) is 61.2 Å². The van der Waals surface area contributed by atoms with Crippen molar-refractivity contribution in [3.05, 3.63) is 58.1 Å². The van der Waals surface area contributed by atoms with E-state index < -0.39 is 28.5 Å². The average Bonchev–Trinajstić information content (AvgIpc) is 2.84. The van der Waals surface area contributed by atoms with Gasteiger partial charge >= 0.3 is 0 Å². The Morgan fingerprint density at radius 1 is 1.11 bits per heavy atom. The van der Waals surface area contributed by atoms with E-state index in [1.807, 2.05) is 32.9 Å². The number of carbonyl (C=O) groups excluding carboxylic acids is 2. The molecule has 0 aliphatic rings. The summed E-state index contributed by atoms with van der Waals surface area (Å²) in [4.78, 5) is 28.2. The van der Waals surface area contributed by atoms with E-state index in [2.05, 4.69) is 21.2 Å². The number of methoxy groups -OCH3 is 1. The van der Waals surface area contributed by atoms with Crippen LogP contribution in [0.2, 0.25) is 0 Å². The highest BCUT2D eigenvalue weighted by atomic mass is 79.9. The van der Waals surface area contributed by atoms with E-state index >= 15 is 0 Å². The van der Waals surface area contributed by atoms with Gasteiger partial charge in [-0.2, -0.15) is 0 Å². The number of unbranched alkanes of at least 4 members (excludes halogenated alkanes) is 1. The van der Waals surface area contributed by atoms with Crippen LogP contribution >= 0.6 is 15.9 Å². The number of carbonyl (C=O) groups is 2. The van der Waals surface area contributed by atoms with Gasteiger partial charge in [-0.1, -0.05) is 48.3 Å². The molecule has 198 valence electrons. The van der Waals surface area contributed by atoms with Crippen LogP contribution in [0.1, 0.15) is 44.2 Å². The third-order valence-corrected chi connectivity index (χ3v) is 7.87. The van der Waals surface area contributed by atoms with E-state index in [1.165, 1.54) is 4.90 Å². The standard InChI is InChI=1S/C26H36BrN3O5S/c1-6-8-15-28-26(32)24(7-2)29(17-20-9-12-22(35-4)13-10-20)25(31)18-30(36(5,33)34)21-11-14-23(27)19(3)16-21/h9-14,16,24H,6-8,15,17-18H2,1-5H3,(H,28,32)/t24-/m1/s1. The molecular formula is C26H36BrN3O5S. The number of nitrogens with zero attached hydrogens (tertiary/aromatic N) is 2. The summed E-state index contributed by atoms with van der Waals surface area (Å²) in [5, 5.41) is 2.91. The van der Waals surface area contributed by atoms with Gasteiger partial charge in [0.1, 0.15) is 18.3 Å². The Morgan fingerprint density at radius 3 is 2.31 bits per heavy atom. The number of hydrogen-bond acceptors (Lipinski definition) is 5. The van der Waals surface area contributed by atoms with E-state index in [-0.39, 0.29) is 12.5 Å². The van der Waals surface area contributed by atoms with Crippen LogP contribution in [0.4, 0.5) is 5.69 Å². The summed E-state index contributed by atoms with van der Waals surface area (Å²) < 4.78 is 32.6. The molecule has 0 saturated heterocycles. The molecule has 0 aliphatic heterocycles. The second-order valence-corrected chi connectivity index (χ2v) is 11.4. The molecule has 0 fully saturated rings. The molecule has 0 aliphatic carbocycles. The molecule has 8 nitrogen and oxygen atoms in total. The van der Waals surface area contributed by atoms with E-state index in [0.29, 0.717) is 24.4 Å². The molecule has 10 heteroatoms. The maximum Gasteiger partial charge on any atom is 0.244 e. The number of sulfonamides is 1. The molecule has 2 amide bonds. The first-order valence-corrected chi connectivity index (χ1v) is 14.6. The average molecular weight is 583 g/mol. The summed E-state index contributed by atoms with van der Waals surface area (Å²) in [6, 6.07) is 11.6. The first kappa shape index (κ1) is 29.6. The number of halogens is 1. The first-order chi connectivity index (χ1) is 17.0. The zero-order valence-corrected chi connectivity index (χ0v) is 24.0. The lowest BCUT2D eigenvalue weighted by Crippen LogP contribution is -2.52. The van der Waals surface area contributed by atoms with Gasteiger partial charge in [0.05, 0.1) is 19.1 Å². The number of amides is 2. The number of benzene rings is 2. The van der Waals surface area contributed by atoms with Crippen molar-refractivity contribution in [1.29, 1.82) is 0 Å². The van der Waals surface area contributed by atoms with Crippen molar-refractivity contribution >= 4 is 43.5 Å². The molecule has 2 rings (SSSR count). The third kappa shape index (κ3) is 8.23. The Morgan fingerprint density at radius 2 is 1.78 bits per heavy atom. The number of aryl methyl sites for hydroxylation is 1. The van der Waals surface area contributed by atoms with Gasteiger partial charge in [-0.25, -0.2) is 8.42 Å². The maximum atomic E-state index is 13.7. The first-order valence-electron chi connectivity index (χ1n) is 12.0. The Hall–Kier alpha value is -2.59. The summed E-state index contributed by atoms with van der Waals surface area (Å²) in [6.07, 6.45) is 3.22. The molecule has 0 saturated carbocycles. The van der Waals surface area contributed by atoms with E-state index in [9.17, 15) is 18.0 Å². The fraction of sp³-hybridized carbons (Fsp3) is 0.462. The Bertz CT molecular complexity index is 1140. The maximum absolute atomic E-state index is 13.7. The molecule has 2 aromatic carbocycles. The molecule has 0 spiro atoms. The lowest BCUT2D eigenvalue weighted by molar-refractivity contribution is -0.140. The fourth-order valence-corrected chi connectivity index (χ4v) is 4.84. The highest BCUT2D eigenvalue weighted by molar-refractivity contribution is 9.10. The molecule has 0 aromatic heterocycles. The zero-order chi connectivity index (χ0) is 26.9. The lowest BCUT2D eigenvalue weighted by Gasteiger charge is -2.33. The SMILES string of the molecule is CCCCNC(=O)[C@@H](CC)N(Cc1ccc(OC)cc1)C(=O)CN(c1ccc(Br)c(C)c1)S(C)(=O)=O. The van der Waals surface area contributed by atoms with Crippen LogP contribution < -0.4 is 14.4 Å². The van der Waals surface area contributed by atoms with E-state index in [4.69, 9.17) is 4.74 Å². The number of rotatable bonds is 13. The second kappa shape index (κ2) is 13.6. The molecule has 1 atom stereocenters. The number of hydrogen-bond donors (Lipinski definition) is 1. The summed E-state index contributed by atoms with van der Waals surface area (Å²) in [7, 11) is -2.20. The Kier molecular flexibility index (Phi) is 11.2. The summed E-state index contributed by atoms with van der Waals surface area (Å²) in [6.45, 7) is 5.97. The van der Waals surface area contributed by atoms with Crippen LogP contribution in [-0.2, 0) is 26.2 Å². The van der Waals surface area contributed by atoms with Crippen molar-refractivity contribution in [2.24, 2.45) is 0 Å². The van der Waals surface area contributed by atoms with Gasteiger partial charge in [0.2, 0.25) is 21.8 Å². The highest BCUT2D eigenvalue weighted by Crippen LogP contribution is 2.25. The van der Waals surface area contributed by atoms with Crippen LogP contribution in [-0.4, -0.2) is 57.6 Å². The number of ether oxygens (including phenoxy) is 1. The van der Waals surface area contributed by atoms with Gasteiger partial charge in [0, 0.05) is 17.6 Å². The van der Waals surface area contributed by atoms with Gasteiger partial charge < -0.3 is 15.0 Å². The van der Waals surface area contributed by atoms with Crippen LogP contribution in [0.25, 0.3) is 0 Å². The summed E-state index contributed by atoms with van der Waals surface area (Å²) >= 11 is 3.42. The predicted octanol–water partition coefficient (Wildman–Crippen LogP) is 4.26. The van der Waals surface area contributed by atoms with E-state index in [0.717, 1.165) is 39.0 Å². The van der Waals surface area contributed by atoms with Gasteiger partial charge in [-0.15, -0.1) is 0 Å². The molecule has 36 heavy (non-hydrogen) atoms. The Balaban J connectivity index is 2.42. The molecule has 0 radical (unpaired) electrons. The fourth-order valence-electron chi connectivity index (χ4n) is 3.75. The molecular weight excluding hydrogens is 546 g/mol. The van der Waals surface area contributed by atoms with E-state index in [1.54, 1.807) is 37.4 Å². The van der Waals surface area contributed by atoms with Gasteiger partial charge in [0.25, 0.3) is 0 Å². The molecule has 0 heterocycles. The van der Waals surface area contributed by atoms with Crippen molar-refractivity contribution in [2.75, 3.05) is 30.8 Å². The minimum Gasteiger partial charge on any atom is -0.497 e. The highest BCUT2D eigenvalue weighted by Gasteiger charge is 2.31. The summed E-state index contributed by atoms with van der Waals surface area (Å²) in [5.74, 6) is -0.0395. The molecule has 2 aromatic rings. The number of nitrogens with one attached hydrogen (secondary N) is 1. The largest absolute Gasteiger partial charge is 0.497 e. The monoisotopic (exact) mass is 581 g/mol. The van der Waals surface area contributed by atoms with Crippen molar-refractivity contribution in [2.45, 2.75) is 52.6 Å². The second-order valence-electron chi connectivity index (χ2n) is 8.64. The van der Waals surface area contributed by atoms with Crippen molar-refractivity contribution in [3.8, 4) is 5.75 Å². The van der Waals surface area contributed by atoms with Crippen LogP contribution in [0.15, 0.2) is 46.9 Å². The topological polar surface area (TPSA) is 96.0 Å². The van der Waals surface area contributed by atoms with Crippen molar-refractivity contribution in [1.82, 2.24) is 10.2 Å². The molecule has 0 bridgehead atoms. The van der Waals surface area contributed by atoms with Gasteiger partial charge in [-0.3, -0.25) is 13.9 Å². The minimum atomic E-state index is -3.77. The third-order valence-electron chi connectivity index (χ3n) is 5.84. The van der Waals surface area contributed by atoms with Crippen LogP contribution in [0.3, 0.4) is 0 Å². The predicted molar refractivity (Wildman–Crippen MR) is 147 cm³/mol. The van der Waals surface area contributed by atoms with Crippen LogP contribution in [0.5, 0.6) is 5.75 Å². The van der Waals surface area contributed by atoms with Gasteiger partial charge in [0.15, 0.2) is 0 Å². The quantitative estimate of drug-likeness (QED) is 0.357. The lowest BCUT2D eigenvalue weighted by atomic mass is 10.1. The normalized spacial score (nSPS) is 12.1. The minimum absolute atomic E-state index is 0.152. The zero-order valence-electron chi connectivity index (χ0n) is 21.6. The number of anilines is 1. The van der Waals surface area contributed by atoms with Crippen molar-refractivity contribution < 1.29 is 22.7 Å². The van der Waals surface area contributed by atoms with Crippen LogP contribution in [0, 0.1) is 6.92 Å². The Labute approximate surface area is 223 Å². The summed E-state index contributed by atoms with van der Waals surface area (Å²) in [5.41, 5.74) is 2.02.